The number of nitrogens with zero attached hydrogens (tertiary/aromatic N) is 2. The molecule has 1 aromatic carbocycles. The lowest BCUT2D eigenvalue weighted by atomic mass is 10.1. The summed E-state index contributed by atoms with van der Waals surface area (Å²) in [5.41, 5.74) is 3.07. The quantitative estimate of drug-likeness (QED) is 0.907. The molecule has 102 valence electrons. The van der Waals surface area contributed by atoms with Gasteiger partial charge in [0.15, 0.2) is 0 Å². The fraction of sp³-hybridized carbons (Fsp3) is 0.357. The van der Waals surface area contributed by atoms with Gasteiger partial charge in [0.2, 0.25) is 0 Å². The van der Waals surface area contributed by atoms with E-state index in [2.05, 4.69) is 52.3 Å². The van der Waals surface area contributed by atoms with Crippen LogP contribution in [0.15, 0.2) is 28.9 Å². The number of hydrogen-bond acceptors (Lipinski definition) is 2. The molecule has 0 aliphatic heterocycles. The predicted octanol–water partition coefficient (Wildman–Crippen LogP) is 4.09. The molecule has 0 fully saturated rings. The van der Waals surface area contributed by atoms with Crippen molar-refractivity contribution in [2.45, 2.75) is 33.4 Å². The van der Waals surface area contributed by atoms with Crippen LogP contribution >= 0.6 is 27.5 Å². The highest BCUT2D eigenvalue weighted by molar-refractivity contribution is 9.10. The van der Waals surface area contributed by atoms with E-state index >= 15 is 0 Å². The summed E-state index contributed by atoms with van der Waals surface area (Å²) in [6.07, 6.45) is 1.84. The van der Waals surface area contributed by atoms with E-state index in [0.717, 1.165) is 22.4 Å². The molecule has 0 spiro atoms. The zero-order chi connectivity index (χ0) is 14.0. The Balaban J connectivity index is 2.39. The highest BCUT2D eigenvalue weighted by Gasteiger charge is 2.09. The van der Waals surface area contributed by atoms with Crippen LogP contribution in [-0.4, -0.2) is 15.8 Å². The van der Waals surface area contributed by atoms with E-state index in [-0.39, 0.29) is 0 Å². The molecule has 0 aliphatic rings. The molecule has 0 bridgehead atoms. The highest BCUT2D eigenvalue weighted by atomic mass is 79.9. The van der Waals surface area contributed by atoms with Crippen molar-refractivity contribution >= 4 is 27.5 Å². The molecule has 0 unspecified atom stereocenters. The van der Waals surface area contributed by atoms with Gasteiger partial charge in [-0.25, -0.2) is 4.68 Å². The second-order valence-electron chi connectivity index (χ2n) is 4.82. The molecule has 0 radical (unpaired) electrons. The average Bonchev–Trinajstić information content (AvgIpc) is 2.68. The van der Waals surface area contributed by atoms with E-state index < -0.39 is 0 Å². The zero-order valence-electron chi connectivity index (χ0n) is 11.2. The van der Waals surface area contributed by atoms with Gasteiger partial charge in [0, 0.05) is 23.3 Å². The number of halogens is 2. The molecule has 1 heterocycles. The summed E-state index contributed by atoms with van der Waals surface area (Å²) in [5, 5.41) is 8.55. The van der Waals surface area contributed by atoms with Crippen molar-refractivity contribution < 1.29 is 0 Å². The summed E-state index contributed by atoms with van der Waals surface area (Å²) in [7, 11) is 0. The summed E-state index contributed by atoms with van der Waals surface area (Å²) in [6, 6.07) is 6.64. The zero-order valence-corrected chi connectivity index (χ0v) is 13.6. The van der Waals surface area contributed by atoms with Gasteiger partial charge in [0.1, 0.15) is 0 Å². The van der Waals surface area contributed by atoms with Crippen LogP contribution in [0.5, 0.6) is 0 Å². The van der Waals surface area contributed by atoms with Crippen LogP contribution in [0, 0.1) is 6.92 Å². The molecule has 19 heavy (non-hydrogen) atoms. The highest BCUT2D eigenvalue weighted by Crippen LogP contribution is 2.23. The summed E-state index contributed by atoms with van der Waals surface area (Å²) in [5.74, 6) is 0. The summed E-state index contributed by atoms with van der Waals surface area (Å²) in [6.45, 7) is 6.97. The minimum Gasteiger partial charge on any atom is -0.310 e. The SMILES string of the molecule is Cc1nn(-c2cc(Br)ccc2CNC(C)C)cc1Cl. The summed E-state index contributed by atoms with van der Waals surface area (Å²) >= 11 is 9.59. The van der Waals surface area contributed by atoms with Crippen LogP contribution in [0.4, 0.5) is 0 Å². The Labute approximate surface area is 127 Å². The molecule has 2 rings (SSSR count). The average molecular weight is 343 g/mol. The molecular weight excluding hydrogens is 326 g/mol. The maximum atomic E-state index is 6.09. The van der Waals surface area contributed by atoms with Gasteiger partial charge in [-0.05, 0) is 24.6 Å². The van der Waals surface area contributed by atoms with E-state index in [4.69, 9.17) is 11.6 Å². The third kappa shape index (κ3) is 3.59. The molecule has 1 aromatic heterocycles. The third-order valence-electron chi connectivity index (χ3n) is 2.83. The van der Waals surface area contributed by atoms with Crippen molar-refractivity contribution in [3.8, 4) is 5.69 Å². The number of aryl methyl sites for hydroxylation is 1. The van der Waals surface area contributed by atoms with Crippen molar-refractivity contribution in [3.63, 3.8) is 0 Å². The van der Waals surface area contributed by atoms with Crippen molar-refractivity contribution in [1.82, 2.24) is 15.1 Å². The Hall–Kier alpha value is -0.840. The normalized spacial score (nSPS) is 11.3. The first kappa shape index (κ1) is 14.6. The lowest BCUT2D eigenvalue weighted by molar-refractivity contribution is 0.586. The largest absolute Gasteiger partial charge is 0.310 e. The van der Waals surface area contributed by atoms with Crippen molar-refractivity contribution in [2.24, 2.45) is 0 Å². The van der Waals surface area contributed by atoms with Gasteiger partial charge in [-0.1, -0.05) is 47.4 Å². The number of nitrogens with one attached hydrogen (secondary N) is 1. The maximum Gasteiger partial charge on any atom is 0.0819 e. The Kier molecular flexibility index (Phi) is 4.66. The van der Waals surface area contributed by atoms with Gasteiger partial charge in [0.25, 0.3) is 0 Å². The number of benzene rings is 1. The molecule has 3 nitrogen and oxygen atoms in total. The van der Waals surface area contributed by atoms with Gasteiger partial charge in [-0.2, -0.15) is 5.10 Å². The fourth-order valence-corrected chi connectivity index (χ4v) is 2.26. The lowest BCUT2D eigenvalue weighted by Gasteiger charge is -2.13. The molecule has 0 atom stereocenters. The van der Waals surface area contributed by atoms with Gasteiger partial charge < -0.3 is 5.32 Å². The Morgan fingerprint density at radius 3 is 2.74 bits per heavy atom. The molecular formula is C14H17BrClN3. The molecule has 0 saturated heterocycles. The molecule has 5 heteroatoms. The molecule has 2 aromatic rings. The fourth-order valence-electron chi connectivity index (χ4n) is 1.78. The Morgan fingerprint density at radius 1 is 1.42 bits per heavy atom. The van der Waals surface area contributed by atoms with E-state index in [1.54, 1.807) is 0 Å². The van der Waals surface area contributed by atoms with Gasteiger partial charge in [-0.3, -0.25) is 0 Å². The number of rotatable bonds is 4. The van der Waals surface area contributed by atoms with Crippen molar-refractivity contribution in [2.75, 3.05) is 0 Å². The second kappa shape index (κ2) is 6.07. The van der Waals surface area contributed by atoms with E-state index in [1.165, 1.54) is 5.56 Å². The second-order valence-corrected chi connectivity index (χ2v) is 6.14. The van der Waals surface area contributed by atoms with Crippen LogP contribution in [0.2, 0.25) is 5.02 Å². The maximum absolute atomic E-state index is 6.09. The first-order valence-electron chi connectivity index (χ1n) is 6.21. The molecule has 1 N–H and O–H groups in total. The summed E-state index contributed by atoms with van der Waals surface area (Å²) < 4.78 is 2.86. The standard InChI is InChI=1S/C14H17BrClN3/c1-9(2)17-7-11-4-5-12(15)6-14(11)19-8-13(16)10(3)18-19/h4-6,8-9,17H,7H2,1-3H3. The molecule has 0 saturated carbocycles. The van der Waals surface area contributed by atoms with Gasteiger partial charge in [-0.15, -0.1) is 0 Å². The first-order valence-corrected chi connectivity index (χ1v) is 7.38. The number of aromatic nitrogens is 2. The predicted molar refractivity (Wildman–Crippen MR) is 83.0 cm³/mol. The third-order valence-corrected chi connectivity index (χ3v) is 3.70. The smallest absolute Gasteiger partial charge is 0.0819 e. The van der Waals surface area contributed by atoms with E-state index in [1.807, 2.05) is 23.9 Å². The minimum atomic E-state index is 0.444. The van der Waals surface area contributed by atoms with E-state index in [9.17, 15) is 0 Å². The van der Waals surface area contributed by atoms with E-state index in [0.29, 0.717) is 11.1 Å². The summed E-state index contributed by atoms with van der Waals surface area (Å²) in [4.78, 5) is 0. The van der Waals surface area contributed by atoms with Crippen LogP contribution in [-0.2, 0) is 6.54 Å². The topological polar surface area (TPSA) is 29.9 Å². The number of hydrogen-bond donors (Lipinski definition) is 1. The van der Waals surface area contributed by atoms with Crippen LogP contribution in [0.3, 0.4) is 0 Å². The van der Waals surface area contributed by atoms with Gasteiger partial charge in [0.05, 0.1) is 16.4 Å². The first-order chi connectivity index (χ1) is 8.97. The van der Waals surface area contributed by atoms with Crippen LogP contribution in [0.1, 0.15) is 25.1 Å². The monoisotopic (exact) mass is 341 g/mol. The van der Waals surface area contributed by atoms with Crippen molar-refractivity contribution in [1.29, 1.82) is 0 Å². The Morgan fingerprint density at radius 2 is 2.16 bits per heavy atom. The van der Waals surface area contributed by atoms with Gasteiger partial charge >= 0.3 is 0 Å². The van der Waals surface area contributed by atoms with Crippen LogP contribution < -0.4 is 5.32 Å². The van der Waals surface area contributed by atoms with Crippen molar-refractivity contribution in [3.05, 3.63) is 45.1 Å². The molecule has 0 amide bonds. The van der Waals surface area contributed by atoms with Crippen LogP contribution in [0.25, 0.3) is 5.69 Å². The molecule has 0 aliphatic carbocycles. The lowest BCUT2D eigenvalue weighted by Crippen LogP contribution is -2.22. The Bertz CT molecular complexity index is 559. The minimum absolute atomic E-state index is 0.444.